The molecule has 0 aliphatic heterocycles. The lowest BCUT2D eigenvalue weighted by atomic mass is 10.00. The minimum absolute atomic E-state index is 0.176. The van der Waals surface area contributed by atoms with Crippen molar-refractivity contribution in [2.45, 2.75) is 57.3 Å². The number of alkyl halides is 3. The summed E-state index contributed by atoms with van der Waals surface area (Å²) in [6.07, 6.45) is -0.625. The molecular weight excluding hydrogens is 263 g/mol. The summed E-state index contributed by atoms with van der Waals surface area (Å²) in [5, 5.41) is 3.23. The van der Waals surface area contributed by atoms with Gasteiger partial charge in [0, 0.05) is 12.1 Å². The molecule has 1 aliphatic carbocycles. The Labute approximate surface area is 118 Å². The van der Waals surface area contributed by atoms with Gasteiger partial charge in [-0.3, -0.25) is 0 Å². The average Bonchev–Trinajstić information content (AvgIpc) is 3.20. The number of halogens is 3. The predicted molar refractivity (Wildman–Crippen MR) is 74.4 cm³/mol. The molecule has 0 bridgehead atoms. The lowest BCUT2D eigenvalue weighted by Crippen LogP contribution is -2.35. The number of nitrogens with one attached hydrogen (secondary N) is 1. The Kier molecular flexibility index (Phi) is 5.08. The van der Waals surface area contributed by atoms with E-state index in [0.29, 0.717) is 0 Å². The summed E-state index contributed by atoms with van der Waals surface area (Å²) in [7, 11) is 0. The van der Waals surface area contributed by atoms with E-state index in [2.05, 4.69) is 5.32 Å². The molecule has 0 aromatic heterocycles. The average molecular weight is 285 g/mol. The number of rotatable bonds is 7. The Morgan fingerprint density at radius 3 is 2.35 bits per heavy atom. The molecule has 1 aromatic rings. The van der Waals surface area contributed by atoms with Crippen molar-refractivity contribution >= 4 is 0 Å². The van der Waals surface area contributed by atoms with E-state index in [9.17, 15) is 13.2 Å². The molecular formula is C16H22F3N. The minimum atomic E-state index is -4.15. The van der Waals surface area contributed by atoms with Crippen molar-refractivity contribution in [3.05, 3.63) is 35.9 Å². The van der Waals surface area contributed by atoms with Crippen LogP contribution in [0.5, 0.6) is 0 Å². The Balaban J connectivity index is 2.04. The van der Waals surface area contributed by atoms with Crippen LogP contribution in [0.25, 0.3) is 0 Å². The zero-order chi connectivity index (χ0) is 14.6. The van der Waals surface area contributed by atoms with E-state index in [-0.39, 0.29) is 6.04 Å². The fourth-order valence-corrected chi connectivity index (χ4v) is 2.58. The highest BCUT2D eigenvalue weighted by atomic mass is 19.4. The van der Waals surface area contributed by atoms with Crippen molar-refractivity contribution in [3.8, 4) is 0 Å². The van der Waals surface area contributed by atoms with Gasteiger partial charge in [0.2, 0.25) is 0 Å². The van der Waals surface area contributed by atoms with Gasteiger partial charge < -0.3 is 5.32 Å². The van der Waals surface area contributed by atoms with Crippen LogP contribution in [-0.4, -0.2) is 12.2 Å². The predicted octanol–water partition coefficient (Wildman–Crippen LogP) is 4.85. The molecule has 2 atom stereocenters. The van der Waals surface area contributed by atoms with Crippen LogP contribution in [0.1, 0.15) is 50.6 Å². The van der Waals surface area contributed by atoms with Crippen LogP contribution < -0.4 is 5.32 Å². The van der Waals surface area contributed by atoms with Gasteiger partial charge in [0.15, 0.2) is 0 Å². The first-order valence-corrected chi connectivity index (χ1v) is 7.35. The third-order valence-corrected chi connectivity index (χ3v) is 3.88. The Bertz CT molecular complexity index is 398. The standard InChI is InChI=1S/C16H22F3N/c1-2-14(10-12-8-9-12)20-15(11-16(17,18)19)13-6-4-3-5-7-13/h3-7,12,14-15,20H,2,8-11H2,1H3. The van der Waals surface area contributed by atoms with Gasteiger partial charge in [0.05, 0.1) is 6.42 Å². The van der Waals surface area contributed by atoms with E-state index < -0.39 is 18.6 Å². The SMILES string of the molecule is CCC(CC1CC1)NC(CC(F)(F)F)c1ccccc1. The molecule has 0 saturated heterocycles. The van der Waals surface area contributed by atoms with Crippen molar-refractivity contribution in [3.63, 3.8) is 0 Å². The molecule has 1 aromatic carbocycles. The first-order valence-electron chi connectivity index (χ1n) is 7.35. The number of hydrogen-bond acceptors (Lipinski definition) is 1. The second-order valence-electron chi connectivity index (χ2n) is 5.73. The topological polar surface area (TPSA) is 12.0 Å². The molecule has 2 unspecified atom stereocenters. The quantitative estimate of drug-likeness (QED) is 0.755. The highest BCUT2D eigenvalue weighted by molar-refractivity contribution is 5.19. The number of hydrogen-bond donors (Lipinski definition) is 1. The van der Waals surface area contributed by atoms with Gasteiger partial charge in [-0.15, -0.1) is 0 Å². The van der Waals surface area contributed by atoms with E-state index in [1.54, 1.807) is 24.3 Å². The molecule has 1 fully saturated rings. The molecule has 2 rings (SSSR count). The minimum Gasteiger partial charge on any atom is -0.307 e. The normalized spacial score (nSPS) is 18.8. The second kappa shape index (κ2) is 6.61. The molecule has 0 heterocycles. The maximum Gasteiger partial charge on any atom is 0.390 e. The first-order chi connectivity index (χ1) is 9.48. The van der Waals surface area contributed by atoms with Gasteiger partial charge in [-0.2, -0.15) is 13.2 Å². The summed E-state index contributed by atoms with van der Waals surface area (Å²) < 4.78 is 38.3. The van der Waals surface area contributed by atoms with Crippen molar-refractivity contribution in [2.24, 2.45) is 5.92 Å². The zero-order valence-corrected chi connectivity index (χ0v) is 11.8. The van der Waals surface area contributed by atoms with Crippen LogP contribution in [0.3, 0.4) is 0 Å². The fraction of sp³-hybridized carbons (Fsp3) is 0.625. The largest absolute Gasteiger partial charge is 0.390 e. The highest BCUT2D eigenvalue weighted by Gasteiger charge is 2.34. The van der Waals surface area contributed by atoms with Gasteiger partial charge in [0.25, 0.3) is 0 Å². The monoisotopic (exact) mass is 285 g/mol. The molecule has 0 amide bonds. The summed E-state index contributed by atoms with van der Waals surface area (Å²) >= 11 is 0. The first kappa shape index (κ1) is 15.4. The molecule has 20 heavy (non-hydrogen) atoms. The summed E-state index contributed by atoms with van der Waals surface area (Å²) in [5.74, 6) is 0.717. The Morgan fingerprint density at radius 1 is 1.20 bits per heavy atom. The van der Waals surface area contributed by atoms with E-state index in [1.807, 2.05) is 13.0 Å². The van der Waals surface area contributed by atoms with Crippen LogP contribution >= 0.6 is 0 Å². The van der Waals surface area contributed by atoms with Gasteiger partial charge >= 0.3 is 6.18 Å². The Hall–Kier alpha value is -1.03. The molecule has 0 spiro atoms. The molecule has 4 heteroatoms. The van der Waals surface area contributed by atoms with Crippen molar-refractivity contribution in [1.82, 2.24) is 5.32 Å². The Morgan fingerprint density at radius 2 is 1.85 bits per heavy atom. The lowest BCUT2D eigenvalue weighted by molar-refractivity contribution is -0.141. The molecule has 0 radical (unpaired) electrons. The van der Waals surface area contributed by atoms with Gasteiger partial charge in [-0.05, 0) is 24.3 Å². The lowest BCUT2D eigenvalue weighted by Gasteiger charge is -2.26. The zero-order valence-electron chi connectivity index (χ0n) is 11.8. The summed E-state index contributed by atoms with van der Waals surface area (Å²) in [6, 6.07) is 8.50. The summed E-state index contributed by atoms with van der Waals surface area (Å²) in [6.45, 7) is 2.04. The molecule has 112 valence electrons. The molecule has 1 saturated carbocycles. The third-order valence-electron chi connectivity index (χ3n) is 3.88. The third kappa shape index (κ3) is 5.16. The highest BCUT2D eigenvalue weighted by Crippen LogP contribution is 2.36. The van der Waals surface area contributed by atoms with Crippen molar-refractivity contribution < 1.29 is 13.2 Å². The summed E-state index contributed by atoms with van der Waals surface area (Å²) in [4.78, 5) is 0. The van der Waals surface area contributed by atoms with Crippen molar-refractivity contribution in [1.29, 1.82) is 0 Å². The van der Waals surface area contributed by atoms with Crippen LogP contribution in [-0.2, 0) is 0 Å². The van der Waals surface area contributed by atoms with Crippen molar-refractivity contribution in [2.75, 3.05) is 0 Å². The van der Waals surface area contributed by atoms with E-state index >= 15 is 0 Å². The number of benzene rings is 1. The maximum atomic E-state index is 12.8. The van der Waals surface area contributed by atoms with E-state index in [1.165, 1.54) is 12.8 Å². The molecule has 1 nitrogen and oxygen atoms in total. The fourth-order valence-electron chi connectivity index (χ4n) is 2.58. The second-order valence-corrected chi connectivity index (χ2v) is 5.73. The summed E-state index contributed by atoms with van der Waals surface area (Å²) in [5.41, 5.74) is 0.721. The molecule has 1 aliphatic rings. The van der Waals surface area contributed by atoms with E-state index in [4.69, 9.17) is 0 Å². The van der Waals surface area contributed by atoms with Gasteiger partial charge in [-0.25, -0.2) is 0 Å². The van der Waals surface area contributed by atoms with Gasteiger partial charge in [-0.1, -0.05) is 50.1 Å². The van der Waals surface area contributed by atoms with Crippen LogP contribution in [0.4, 0.5) is 13.2 Å². The molecule has 1 N–H and O–H groups in total. The van der Waals surface area contributed by atoms with E-state index in [0.717, 1.165) is 24.3 Å². The smallest absolute Gasteiger partial charge is 0.307 e. The van der Waals surface area contributed by atoms with Crippen LogP contribution in [0.15, 0.2) is 30.3 Å². The van der Waals surface area contributed by atoms with Crippen LogP contribution in [0, 0.1) is 5.92 Å². The maximum absolute atomic E-state index is 12.8. The van der Waals surface area contributed by atoms with Gasteiger partial charge in [0.1, 0.15) is 0 Å². The van der Waals surface area contributed by atoms with Crippen LogP contribution in [0.2, 0.25) is 0 Å².